The van der Waals surface area contributed by atoms with Gasteiger partial charge in [-0.3, -0.25) is 4.79 Å². The summed E-state index contributed by atoms with van der Waals surface area (Å²) in [5.74, 6) is -0.175. The van der Waals surface area contributed by atoms with Gasteiger partial charge in [0.15, 0.2) is 0 Å². The first kappa shape index (κ1) is 13.7. The van der Waals surface area contributed by atoms with Crippen molar-refractivity contribution in [1.29, 1.82) is 0 Å². The molecule has 0 aliphatic carbocycles. The van der Waals surface area contributed by atoms with Crippen molar-refractivity contribution in [1.82, 2.24) is 0 Å². The van der Waals surface area contributed by atoms with Crippen molar-refractivity contribution in [2.45, 2.75) is 33.1 Å². The Bertz CT molecular complexity index is 88.5. The van der Waals surface area contributed by atoms with Crippen LogP contribution in [0.5, 0.6) is 0 Å². The van der Waals surface area contributed by atoms with E-state index in [0.717, 1.165) is 12.8 Å². The predicted octanol–water partition coefficient (Wildman–Crippen LogP) is -1.14. The Morgan fingerprint density at radius 3 is 2.50 bits per heavy atom. The summed E-state index contributed by atoms with van der Waals surface area (Å²) in [5.41, 5.74) is 0. The molecule has 0 saturated heterocycles. The average molecular weight is 170 g/mol. The van der Waals surface area contributed by atoms with Crippen molar-refractivity contribution in [3.8, 4) is 0 Å². The van der Waals surface area contributed by atoms with Gasteiger partial charge in [0.25, 0.3) is 0 Å². The van der Waals surface area contributed by atoms with Crippen LogP contribution in [0.15, 0.2) is 0 Å². The number of esters is 1. The first-order chi connectivity index (χ1) is 4.27. The van der Waals surface area contributed by atoms with E-state index in [9.17, 15) is 4.79 Å². The second kappa shape index (κ2) is 10.1. The zero-order chi connectivity index (χ0) is 7.11. The van der Waals surface area contributed by atoms with E-state index >= 15 is 0 Å². The molecule has 0 unspecified atom stereocenters. The second-order valence-corrected chi connectivity index (χ2v) is 2.05. The van der Waals surface area contributed by atoms with Crippen molar-refractivity contribution >= 4 is 5.97 Å². The maximum absolute atomic E-state index is 10.2. The summed E-state index contributed by atoms with van der Waals surface area (Å²) >= 11 is 0. The molecule has 0 rings (SSSR count). The van der Waals surface area contributed by atoms with Gasteiger partial charge in [-0.1, -0.05) is 19.8 Å². The van der Waals surface area contributed by atoms with Gasteiger partial charge in [-0.15, -0.1) is 0 Å². The van der Waals surface area contributed by atoms with Crippen LogP contribution in [0.25, 0.3) is 0 Å². The molecule has 0 spiro atoms. The Hall–Kier alpha value is 1.11. The van der Waals surface area contributed by atoms with Gasteiger partial charge in [-0.05, 0) is 6.42 Å². The molecule has 0 fully saturated rings. The van der Waals surface area contributed by atoms with E-state index in [4.69, 9.17) is 4.74 Å². The van der Waals surface area contributed by atoms with Crippen LogP contribution in [0, 0.1) is 0 Å². The summed E-state index contributed by atoms with van der Waals surface area (Å²) in [6.07, 6.45) is 3.31. The molecular weight excluding hydrogens is 155 g/mol. The third-order valence-electron chi connectivity index (χ3n) is 1.05. The summed E-state index contributed by atoms with van der Waals surface area (Å²) in [4.78, 5) is 10.2. The van der Waals surface area contributed by atoms with Crippen molar-refractivity contribution in [2.24, 2.45) is 0 Å². The SMILES string of the molecule is CCCCCOC(C)=O.[H-].[K+]. The maximum Gasteiger partial charge on any atom is 1.00 e. The first-order valence-electron chi connectivity index (χ1n) is 3.40. The number of unbranched alkanes of at least 4 members (excludes halogenated alkanes) is 2. The minimum atomic E-state index is -0.175. The minimum Gasteiger partial charge on any atom is -1.00 e. The van der Waals surface area contributed by atoms with Crippen molar-refractivity contribution in [3.63, 3.8) is 0 Å². The molecular formula is C7H15KO2. The Labute approximate surface area is 107 Å². The van der Waals surface area contributed by atoms with Crippen molar-refractivity contribution in [2.75, 3.05) is 6.61 Å². The number of rotatable bonds is 4. The molecule has 10 heavy (non-hydrogen) atoms. The Balaban J connectivity index is -0.000000320. The molecule has 56 valence electrons. The van der Waals surface area contributed by atoms with Gasteiger partial charge in [-0.2, -0.15) is 0 Å². The Kier molecular flexibility index (Phi) is 13.8. The quantitative estimate of drug-likeness (QED) is 0.303. The van der Waals surface area contributed by atoms with Crippen molar-refractivity contribution < 1.29 is 62.3 Å². The third-order valence-corrected chi connectivity index (χ3v) is 1.05. The van der Waals surface area contributed by atoms with Gasteiger partial charge < -0.3 is 6.16 Å². The molecule has 0 bridgehead atoms. The number of carbonyl (C=O) groups excluding carboxylic acids is 1. The first-order valence-corrected chi connectivity index (χ1v) is 3.40. The monoisotopic (exact) mass is 170 g/mol. The molecule has 0 N–H and O–H groups in total. The van der Waals surface area contributed by atoms with Gasteiger partial charge in [0, 0.05) is 6.92 Å². The smallest absolute Gasteiger partial charge is 1.00 e. The molecule has 0 aliphatic rings. The molecule has 0 aromatic carbocycles. The van der Waals surface area contributed by atoms with Gasteiger partial charge in [0.2, 0.25) is 0 Å². The molecule has 0 saturated carbocycles. The summed E-state index contributed by atoms with van der Waals surface area (Å²) in [6, 6.07) is 0. The largest absolute Gasteiger partial charge is 1.00 e. The maximum atomic E-state index is 10.2. The summed E-state index contributed by atoms with van der Waals surface area (Å²) in [5, 5.41) is 0. The topological polar surface area (TPSA) is 26.3 Å². The number of hydrogen-bond acceptors (Lipinski definition) is 2. The van der Waals surface area contributed by atoms with Gasteiger partial charge in [0.05, 0.1) is 6.61 Å². The predicted molar refractivity (Wildman–Crippen MR) is 37.3 cm³/mol. The van der Waals surface area contributed by atoms with E-state index in [1.165, 1.54) is 13.3 Å². The van der Waals surface area contributed by atoms with Crippen LogP contribution in [0.4, 0.5) is 0 Å². The van der Waals surface area contributed by atoms with Crippen LogP contribution in [0.3, 0.4) is 0 Å². The van der Waals surface area contributed by atoms with Gasteiger partial charge in [0.1, 0.15) is 0 Å². The second-order valence-electron chi connectivity index (χ2n) is 2.05. The third kappa shape index (κ3) is 11.8. The molecule has 0 aliphatic heterocycles. The van der Waals surface area contributed by atoms with Crippen LogP contribution in [0.2, 0.25) is 0 Å². The molecule has 0 aromatic heterocycles. The van der Waals surface area contributed by atoms with Crippen LogP contribution in [-0.2, 0) is 9.53 Å². The van der Waals surface area contributed by atoms with E-state index in [0.29, 0.717) is 6.61 Å². The molecule has 0 heterocycles. The number of hydrogen-bond donors (Lipinski definition) is 0. The van der Waals surface area contributed by atoms with Crippen LogP contribution < -0.4 is 51.4 Å². The zero-order valence-corrected chi connectivity index (χ0v) is 10.3. The fourth-order valence-electron chi connectivity index (χ4n) is 0.568. The fourth-order valence-corrected chi connectivity index (χ4v) is 0.568. The fraction of sp³-hybridized carbons (Fsp3) is 0.857. The van der Waals surface area contributed by atoms with Crippen LogP contribution >= 0.6 is 0 Å². The molecule has 2 nitrogen and oxygen atoms in total. The van der Waals surface area contributed by atoms with E-state index in [2.05, 4.69) is 6.92 Å². The van der Waals surface area contributed by atoms with Crippen molar-refractivity contribution in [3.05, 3.63) is 0 Å². The van der Waals surface area contributed by atoms with E-state index in [1.807, 2.05) is 0 Å². The van der Waals surface area contributed by atoms with Gasteiger partial charge >= 0.3 is 57.4 Å². The van der Waals surface area contributed by atoms with Crippen LogP contribution in [0.1, 0.15) is 34.5 Å². The zero-order valence-electron chi connectivity index (χ0n) is 8.14. The standard InChI is InChI=1S/C7H14O2.K.H/c1-3-4-5-6-9-7(2)8;;/h3-6H2,1-2H3;;/q;+1;-1. The van der Waals surface area contributed by atoms with Crippen LogP contribution in [-0.4, -0.2) is 12.6 Å². The molecule has 0 atom stereocenters. The molecule has 0 aromatic rings. The summed E-state index contributed by atoms with van der Waals surface area (Å²) < 4.78 is 4.70. The normalized spacial score (nSPS) is 8.20. The average Bonchev–Trinajstić information content (AvgIpc) is 1.80. The molecule has 0 radical (unpaired) electrons. The minimum absolute atomic E-state index is 0. The number of ether oxygens (including phenoxy) is 1. The Morgan fingerprint density at radius 1 is 1.50 bits per heavy atom. The molecule has 3 heteroatoms. The van der Waals surface area contributed by atoms with E-state index < -0.39 is 0 Å². The molecule has 0 amide bonds. The summed E-state index contributed by atoms with van der Waals surface area (Å²) in [6.45, 7) is 4.14. The number of carbonyl (C=O) groups is 1. The van der Waals surface area contributed by atoms with Gasteiger partial charge in [-0.25, -0.2) is 0 Å². The van der Waals surface area contributed by atoms with E-state index in [1.54, 1.807) is 0 Å². The summed E-state index contributed by atoms with van der Waals surface area (Å²) in [7, 11) is 0. The Morgan fingerprint density at radius 2 is 2.10 bits per heavy atom. The van der Waals surface area contributed by atoms with E-state index in [-0.39, 0.29) is 58.8 Å².